The van der Waals surface area contributed by atoms with Crippen molar-refractivity contribution in [2.45, 2.75) is 26.7 Å². The fourth-order valence-electron chi connectivity index (χ4n) is 0.741. The summed E-state index contributed by atoms with van der Waals surface area (Å²) in [6.07, 6.45) is 2.17. The van der Waals surface area contributed by atoms with Gasteiger partial charge >= 0.3 is 0 Å². The van der Waals surface area contributed by atoms with Crippen molar-refractivity contribution in [2.24, 2.45) is 5.92 Å². The molecule has 0 aliphatic heterocycles. The van der Waals surface area contributed by atoms with Crippen molar-refractivity contribution in [2.75, 3.05) is 18.1 Å². The van der Waals surface area contributed by atoms with Gasteiger partial charge in [0.25, 0.3) is 0 Å². The molecule has 3 heteroatoms. The van der Waals surface area contributed by atoms with E-state index in [2.05, 4.69) is 13.8 Å². The second-order valence-corrected chi connectivity index (χ2v) is 4.57. The van der Waals surface area contributed by atoms with Gasteiger partial charge in [-0.25, -0.2) is 0 Å². The lowest BCUT2D eigenvalue weighted by atomic mass is 10.1. The molecule has 68 valence electrons. The van der Waals surface area contributed by atoms with Gasteiger partial charge in [0.2, 0.25) is 0 Å². The Morgan fingerprint density at radius 2 is 2.09 bits per heavy atom. The van der Waals surface area contributed by atoms with Crippen LogP contribution in [0.1, 0.15) is 26.7 Å². The molecule has 2 nitrogen and oxygen atoms in total. The quantitative estimate of drug-likeness (QED) is 0.663. The average Bonchev–Trinajstić information content (AvgIpc) is 2.01. The lowest BCUT2D eigenvalue weighted by molar-refractivity contribution is 0.321. The molecular weight excluding hydrogens is 160 g/mol. The van der Waals surface area contributed by atoms with Crippen LogP contribution >= 0.6 is 0 Å². The summed E-state index contributed by atoms with van der Waals surface area (Å²) in [5.41, 5.74) is 0. The van der Waals surface area contributed by atoms with Crippen LogP contribution in [0.2, 0.25) is 0 Å². The van der Waals surface area contributed by atoms with Gasteiger partial charge in [0.1, 0.15) is 0 Å². The van der Waals surface area contributed by atoms with Gasteiger partial charge in [-0.1, -0.05) is 20.3 Å². The fraction of sp³-hybridized carbons (Fsp3) is 1.00. The van der Waals surface area contributed by atoms with Crippen LogP contribution in [0.25, 0.3) is 0 Å². The lowest BCUT2D eigenvalue weighted by Gasteiger charge is -2.06. The SMILES string of the molecule is CCC(C)CCS(=O)CCO. The molecule has 0 rings (SSSR count). The van der Waals surface area contributed by atoms with Crippen LogP contribution in [0.5, 0.6) is 0 Å². The highest BCUT2D eigenvalue weighted by Gasteiger charge is 2.02. The van der Waals surface area contributed by atoms with Crippen molar-refractivity contribution in [3.8, 4) is 0 Å². The molecule has 0 fully saturated rings. The first-order chi connectivity index (χ1) is 5.20. The topological polar surface area (TPSA) is 37.3 Å². The molecule has 11 heavy (non-hydrogen) atoms. The van der Waals surface area contributed by atoms with E-state index in [4.69, 9.17) is 5.11 Å². The molecule has 0 heterocycles. The Balaban J connectivity index is 3.30. The molecule has 0 aliphatic carbocycles. The Hall–Kier alpha value is 0.110. The maximum atomic E-state index is 11.0. The number of aliphatic hydroxyl groups excluding tert-OH is 1. The predicted octanol–water partition coefficient (Wildman–Crippen LogP) is 1.16. The predicted molar refractivity (Wildman–Crippen MR) is 49.0 cm³/mol. The lowest BCUT2D eigenvalue weighted by Crippen LogP contribution is -2.08. The highest BCUT2D eigenvalue weighted by atomic mass is 32.2. The number of rotatable bonds is 6. The smallest absolute Gasteiger partial charge is 0.0546 e. The molecule has 0 aromatic carbocycles. The molecule has 0 spiro atoms. The molecular formula is C8H18O2S. The molecule has 0 saturated carbocycles. The number of hydrogen-bond acceptors (Lipinski definition) is 2. The molecule has 0 bridgehead atoms. The van der Waals surface area contributed by atoms with Crippen molar-refractivity contribution in [1.82, 2.24) is 0 Å². The Morgan fingerprint density at radius 3 is 2.55 bits per heavy atom. The van der Waals surface area contributed by atoms with Crippen LogP contribution in [0, 0.1) is 5.92 Å². The summed E-state index contributed by atoms with van der Waals surface area (Å²) in [4.78, 5) is 0. The van der Waals surface area contributed by atoms with Crippen LogP contribution in [-0.4, -0.2) is 27.4 Å². The van der Waals surface area contributed by atoms with E-state index >= 15 is 0 Å². The van der Waals surface area contributed by atoms with Crippen molar-refractivity contribution >= 4 is 10.8 Å². The second kappa shape index (κ2) is 6.80. The second-order valence-electron chi connectivity index (χ2n) is 2.87. The number of aliphatic hydroxyl groups is 1. The molecule has 0 saturated heterocycles. The minimum Gasteiger partial charge on any atom is -0.395 e. The highest BCUT2D eigenvalue weighted by Crippen LogP contribution is 2.06. The van der Waals surface area contributed by atoms with Gasteiger partial charge in [-0.3, -0.25) is 4.21 Å². The van der Waals surface area contributed by atoms with Crippen LogP contribution in [0.15, 0.2) is 0 Å². The largest absolute Gasteiger partial charge is 0.395 e. The maximum absolute atomic E-state index is 11.0. The third-order valence-corrected chi connectivity index (χ3v) is 3.18. The molecule has 2 unspecified atom stereocenters. The molecule has 0 amide bonds. The Kier molecular flexibility index (Phi) is 6.87. The summed E-state index contributed by atoms with van der Waals surface area (Å²) < 4.78 is 11.0. The van der Waals surface area contributed by atoms with Gasteiger partial charge in [0.15, 0.2) is 0 Å². The van der Waals surface area contributed by atoms with Crippen LogP contribution in [0.4, 0.5) is 0 Å². The van der Waals surface area contributed by atoms with E-state index < -0.39 is 10.8 Å². The Morgan fingerprint density at radius 1 is 1.45 bits per heavy atom. The van der Waals surface area contributed by atoms with Crippen molar-refractivity contribution in [1.29, 1.82) is 0 Å². The molecule has 0 aliphatic rings. The van der Waals surface area contributed by atoms with E-state index in [0.29, 0.717) is 11.7 Å². The van der Waals surface area contributed by atoms with E-state index in [-0.39, 0.29) is 6.61 Å². The van der Waals surface area contributed by atoms with E-state index in [9.17, 15) is 4.21 Å². The van der Waals surface area contributed by atoms with E-state index in [0.717, 1.165) is 18.6 Å². The molecule has 1 N–H and O–H groups in total. The van der Waals surface area contributed by atoms with Crippen LogP contribution in [-0.2, 0) is 10.8 Å². The van der Waals surface area contributed by atoms with Crippen molar-refractivity contribution in [3.63, 3.8) is 0 Å². The normalized spacial score (nSPS) is 16.3. The summed E-state index contributed by atoms with van der Waals surface area (Å²) in [7, 11) is -0.792. The van der Waals surface area contributed by atoms with Gasteiger partial charge in [0, 0.05) is 22.3 Å². The standard InChI is InChI=1S/C8H18O2S/c1-3-8(2)4-6-11(10)7-5-9/h8-9H,3-7H2,1-2H3. The third kappa shape index (κ3) is 6.51. The van der Waals surface area contributed by atoms with Crippen molar-refractivity contribution < 1.29 is 9.32 Å². The molecule has 0 aromatic rings. The van der Waals surface area contributed by atoms with E-state index in [1.54, 1.807) is 0 Å². The highest BCUT2D eigenvalue weighted by molar-refractivity contribution is 7.84. The van der Waals surface area contributed by atoms with Gasteiger partial charge in [-0.15, -0.1) is 0 Å². The first-order valence-corrected chi connectivity index (χ1v) is 5.65. The summed E-state index contributed by atoms with van der Waals surface area (Å²) in [5, 5.41) is 8.47. The minimum absolute atomic E-state index is 0.0487. The summed E-state index contributed by atoms with van der Waals surface area (Å²) in [6, 6.07) is 0. The van der Waals surface area contributed by atoms with E-state index in [1.807, 2.05) is 0 Å². The van der Waals surface area contributed by atoms with Gasteiger partial charge in [-0.2, -0.15) is 0 Å². The zero-order chi connectivity index (χ0) is 8.69. The Bertz CT molecular complexity index is 115. The third-order valence-electron chi connectivity index (χ3n) is 1.85. The zero-order valence-electron chi connectivity index (χ0n) is 7.38. The molecule has 0 radical (unpaired) electrons. The summed E-state index contributed by atoms with van der Waals surface area (Å²) in [5.74, 6) is 1.85. The first kappa shape index (κ1) is 11.1. The van der Waals surface area contributed by atoms with Gasteiger partial charge in [0.05, 0.1) is 6.61 Å². The van der Waals surface area contributed by atoms with Crippen LogP contribution < -0.4 is 0 Å². The maximum Gasteiger partial charge on any atom is 0.0546 e. The summed E-state index contributed by atoms with van der Waals surface area (Å²) in [6.45, 7) is 4.35. The monoisotopic (exact) mass is 178 g/mol. The molecule has 2 atom stereocenters. The fourth-order valence-corrected chi connectivity index (χ4v) is 1.81. The Labute approximate surface area is 71.5 Å². The number of hydrogen-bond donors (Lipinski definition) is 1. The first-order valence-electron chi connectivity index (χ1n) is 4.16. The van der Waals surface area contributed by atoms with Crippen molar-refractivity contribution in [3.05, 3.63) is 0 Å². The average molecular weight is 178 g/mol. The molecule has 0 aromatic heterocycles. The van der Waals surface area contributed by atoms with Gasteiger partial charge < -0.3 is 5.11 Å². The minimum atomic E-state index is -0.792. The summed E-state index contributed by atoms with van der Waals surface area (Å²) >= 11 is 0. The van der Waals surface area contributed by atoms with E-state index in [1.165, 1.54) is 0 Å². The zero-order valence-corrected chi connectivity index (χ0v) is 8.19. The van der Waals surface area contributed by atoms with Gasteiger partial charge in [-0.05, 0) is 12.3 Å². The van der Waals surface area contributed by atoms with Crippen LogP contribution in [0.3, 0.4) is 0 Å².